The molecule has 0 fully saturated rings. The zero-order valence-corrected chi connectivity index (χ0v) is 12.2. The highest BCUT2D eigenvalue weighted by Crippen LogP contribution is 2.15. The molecule has 0 unspecified atom stereocenters. The topological polar surface area (TPSA) is 84.0 Å². The van der Waals surface area contributed by atoms with Crippen molar-refractivity contribution in [3.8, 4) is 0 Å². The summed E-state index contributed by atoms with van der Waals surface area (Å²) < 4.78 is 2.00. The Hall–Kier alpha value is -2.15. The van der Waals surface area contributed by atoms with E-state index >= 15 is 0 Å². The Kier molecular flexibility index (Phi) is 4.19. The SMILES string of the molecule is Cc1cn(CC(=O)Nc2cccc(Br)c2)c(=O)[nH]c1=O. The molecule has 1 aromatic carbocycles. The van der Waals surface area contributed by atoms with E-state index in [4.69, 9.17) is 0 Å². The standard InChI is InChI=1S/C13H12BrN3O3/c1-8-6-17(13(20)16-12(8)19)7-11(18)15-10-4-2-3-9(14)5-10/h2-6H,7H2,1H3,(H,15,18)(H,16,19,20). The number of aromatic amines is 1. The van der Waals surface area contributed by atoms with Crippen molar-refractivity contribution in [2.45, 2.75) is 13.5 Å². The van der Waals surface area contributed by atoms with E-state index in [1.54, 1.807) is 25.1 Å². The van der Waals surface area contributed by atoms with Gasteiger partial charge in [-0.15, -0.1) is 0 Å². The second-order valence-corrected chi connectivity index (χ2v) is 5.17. The van der Waals surface area contributed by atoms with Crippen molar-refractivity contribution >= 4 is 27.5 Å². The Labute approximate surface area is 122 Å². The number of rotatable bonds is 3. The molecule has 2 N–H and O–H groups in total. The largest absolute Gasteiger partial charge is 0.328 e. The van der Waals surface area contributed by atoms with E-state index in [-0.39, 0.29) is 12.5 Å². The van der Waals surface area contributed by atoms with Crippen LogP contribution in [0.4, 0.5) is 5.69 Å². The lowest BCUT2D eigenvalue weighted by Crippen LogP contribution is -2.34. The number of aromatic nitrogens is 2. The Morgan fingerprint density at radius 3 is 2.85 bits per heavy atom. The fraction of sp³-hybridized carbons (Fsp3) is 0.154. The van der Waals surface area contributed by atoms with Gasteiger partial charge in [-0.3, -0.25) is 19.1 Å². The maximum absolute atomic E-state index is 11.9. The van der Waals surface area contributed by atoms with Crippen LogP contribution in [0.5, 0.6) is 0 Å². The van der Waals surface area contributed by atoms with Gasteiger partial charge in [-0.25, -0.2) is 4.79 Å². The van der Waals surface area contributed by atoms with E-state index < -0.39 is 11.2 Å². The lowest BCUT2D eigenvalue weighted by Gasteiger charge is -2.07. The van der Waals surface area contributed by atoms with Gasteiger partial charge in [0, 0.05) is 21.9 Å². The van der Waals surface area contributed by atoms with Gasteiger partial charge in [-0.2, -0.15) is 0 Å². The third-order valence-electron chi connectivity index (χ3n) is 2.61. The molecule has 0 atom stereocenters. The summed E-state index contributed by atoms with van der Waals surface area (Å²) in [5.74, 6) is -0.350. The quantitative estimate of drug-likeness (QED) is 0.883. The van der Waals surface area contributed by atoms with Crippen molar-refractivity contribution in [2.75, 3.05) is 5.32 Å². The molecule has 2 aromatic rings. The molecule has 0 aliphatic rings. The second-order valence-electron chi connectivity index (χ2n) is 4.26. The van der Waals surface area contributed by atoms with Crippen molar-refractivity contribution < 1.29 is 4.79 Å². The minimum absolute atomic E-state index is 0.164. The minimum atomic E-state index is -0.606. The van der Waals surface area contributed by atoms with Crippen LogP contribution in [0.25, 0.3) is 0 Å². The predicted octanol–water partition coefficient (Wildman–Crippen LogP) is 1.25. The van der Waals surface area contributed by atoms with Crippen molar-refractivity contribution in [3.63, 3.8) is 0 Å². The highest BCUT2D eigenvalue weighted by molar-refractivity contribution is 9.10. The van der Waals surface area contributed by atoms with E-state index in [0.29, 0.717) is 11.3 Å². The summed E-state index contributed by atoms with van der Waals surface area (Å²) in [5, 5.41) is 2.67. The highest BCUT2D eigenvalue weighted by atomic mass is 79.9. The molecular formula is C13H12BrN3O3. The zero-order valence-electron chi connectivity index (χ0n) is 10.6. The third-order valence-corrected chi connectivity index (χ3v) is 3.10. The molecule has 1 amide bonds. The summed E-state index contributed by atoms with van der Waals surface area (Å²) >= 11 is 3.30. The highest BCUT2D eigenvalue weighted by Gasteiger charge is 2.07. The van der Waals surface area contributed by atoms with Gasteiger partial charge in [-0.1, -0.05) is 22.0 Å². The zero-order chi connectivity index (χ0) is 14.7. The molecule has 0 saturated carbocycles. The van der Waals surface area contributed by atoms with Crippen molar-refractivity contribution in [1.29, 1.82) is 0 Å². The molecule has 7 heteroatoms. The molecule has 0 aliphatic heterocycles. The number of H-pyrrole nitrogens is 1. The first-order valence-corrected chi connectivity index (χ1v) is 6.61. The van der Waals surface area contributed by atoms with Crippen molar-refractivity contribution in [1.82, 2.24) is 9.55 Å². The van der Waals surface area contributed by atoms with Gasteiger partial charge in [0.2, 0.25) is 5.91 Å². The molecular weight excluding hydrogens is 326 g/mol. The first kappa shape index (κ1) is 14.3. The molecule has 2 rings (SSSR count). The van der Waals surface area contributed by atoms with Gasteiger partial charge in [0.15, 0.2) is 0 Å². The number of aryl methyl sites for hydroxylation is 1. The molecule has 1 aromatic heterocycles. The lowest BCUT2D eigenvalue weighted by atomic mass is 10.3. The number of amides is 1. The maximum atomic E-state index is 11.9. The van der Waals surface area contributed by atoms with Crippen LogP contribution >= 0.6 is 15.9 Å². The lowest BCUT2D eigenvalue weighted by molar-refractivity contribution is -0.116. The van der Waals surface area contributed by atoms with Crippen LogP contribution in [0, 0.1) is 6.92 Å². The van der Waals surface area contributed by atoms with Crippen LogP contribution in [0.15, 0.2) is 44.5 Å². The number of anilines is 1. The molecule has 20 heavy (non-hydrogen) atoms. The van der Waals surface area contributed by atoms with Gasteiger partial charge >= 0.3 is 5.69 Å². The van der Waals surface area contributed by atoms with E-state index in [1.165, 1.54) is 6.20 Å². The summed E-state index contributed by atoms with van der Waals surface area (Å²) in [7, 11) is 0. The number of nitrogens with one attached hydrogen (secondary N) is 2. The molecule has 0 radical (unpaired) electrons. The fourth-order valence-corrected chi connectivity index (χ4v) is 2.06. The number of carbonyl (C=O) groups is 1. The second kappa shape index (κ2) is 5.87. The first-order chi connectivity index (χ1) is 9.45. The van der Waals surface area contributed by atoms with Crippen molar-refractivity contribution in [3.05, 3.63) is 61.3 Å². The number of nitrogens with zero attached hydrogens (tertiary/aromatic N) is 1. The average molecular weight is 338 g/mol. The Morgan fingerprint density at radius 1 is 1.40 bits per heavy atom. The summed E-state index contributed by atoms with van der Waals surface area (Å²) in [6, 6.07) is 7.11. The van der Waals surface area contributed by atoms with Crippen LogP contribution in [0.2, 0.25) is 0 Å². The normalized spacial score (nSPS) is 10.3. The summed E-state index contributed by atoms with van der Waals surface area (Å²) in [6.45, 7) is 1.41. The fourth-order valence-electron chi connectivity index (χ4n) is 1.66. The molecule has 0 spiro atoms. The number of carbonyl (C=O) groups excluding carboxylic acids is 1. The first-order valence-electron chi connectivity index (χ1n) is 5.81. The minimum Gasteiger partial charge on any atom is -0.324 e. The summed E-state index contributed by atoms with van der Waals surface area (Å²) in [5.41, 5.74) is -0.0536. The van der Waals surface area contributed by atoms with Gasteiger partial charge in [0.05, 0.1) is 0 Å². The molecule has 6 nitrogen and oxygen atoms in total. The van der Waals surface area contributed by atoms with Crippen LogP contribution < -0.4 is 16.6 Å². The van der Waals surface area contributed by atoms with Crippen LogP contribution in [0.3, 0.4) is 0 Å². The monoisotopic (exact) mass is 337 g/mol. The number of hydrogen-bond acceptors (Lipinski definition) is 3. The number of benzene rings is 1. The average Bonchev–Trinajstić information content (AvgIpc) is 2.36. The molecule has 0 aliphatic carbocycles. The Bertz CT molecular complexity index is 764. The van der Waals surface area contributed by atoms with Crippen LogP contribution in [-0.4, -0.2) is 15.5 Å². The smallest absolute Gasteiger partial charge is 0.324 e. The van der Waals surface area contributed by atoms with Crippen molar-refractivity contribution in [2.24, 2.45) is 0 Å². The molecule has 1 heterocycles. The number of halogens is 1. The van der Waals surface area contributed by atoms with E-state index in [0.717, 1.165) is 9.04 Å². The third kappa shape index (κ3) is 3.45. The van der Waals surface area contributed by atoms with Gasteiger partial charge in [-0.05, 0) is 25.1 Å². The Balaban J connectivity index is 2.15. The molecule has 0 bridgehead atoms. The van der Waals surface area contributed by atoms with Gasteiger partial charge in [0.25, 0.3) is 5.56 Å². The van der Waals surface area contributed by atoms with Gasteiger partial charge in [0.1, 0.15) is 6.54 Å². The summed E-state index contributed by atoms with van der Waals surface area (Å²) in [6.07, 6.45) is 1.36. The van der Waals surface area contributed by atoms with E-state index in [2.05, 4.69) is 26.2 Å². The van der Waals surface area contributed by atoms with Crippen LogP contribution in [0.1, 0.15) is 5.56 Å². The maximum Gasteiger partial charge on any atom is 0.328 e. The van der Waals surface area contributed by atoms with E-state index in [9.17, 15) is 14.4 Å². The number of hydrogen-bond donors (Lipinski definition) is 2. The van der Waals surface area contributed by atoms with Crippen LogP contribution in [-0.2, 0) is 11.3 Å². The molecule has 0 saturated heterocycles. The summed E-state index contributed by atoms with van der Waals surface area (Å²) in [4.78, 5) is 36.8. The predicted molar refractivity (Wildman–Crippen MR) is 78.8 cm³/mol. The Morgan fingerprint density at radius 2 is 2.15 bits per heavy atom. The van der Waals surface area contributed by atoms with Gasteiger partial charge < -0.3 is 5.32 Å². The van der Waals surface area contributed by atoms with E-state index in [1.807, 2.05) is 6.07 Å². The molecule has 104 valence electrons.